The number of benzene rings is 1. The standard InChI is InChI=1S/C8H7NO.C3H8/c1-6-9-7-4-2-3-5-8(7)10-6;1-3-2/h2-5H,1H3;3H2,1-2H3. The van der Waals surface area contributed by atoms with Crippen molar-refractivity contribution in [1.29, 1.82) is 0 Å². The van der Waals surface area contributed by atoms with Gasteiger partial charge in [-0.2, -0.15) is 0 Å². The summed E-state index contributed by atoms with van der Waals surface area (Å²) in [4.78, 5) is 4.15. The molecule has 0 saturated carbocycles. The molecule has 1 heterocycles. The van der Waals surface area contributed by atoms with Gasteiger partial charge in [0, 0.05) is 6.92 Å². The largest absolute Gasteiger partial charge is 0.441 e. The summed E-state index contributed by atoms with van der Waals surface area (Å²) in [6, 6.07) is 7.73. The van der Waals surface area contributed by atoms with Crippen molar-refractivity contribution in [3.05, 3.63) is 30.2 Å². The van der Waals surface area contributed by atoms with Gasteiger partial charge in [0.1, 0.15) is 5.52 Å². The van der Waals surface area contributed by atoms with Crippen molar-refractivity contribution >= 4 is 11.1 Å². The average molecular weight is 177 g/mol. The van der Waals surface area contributed by atoms with E-state index in [9.17, 15) is 0 Å². The van der Waals surface area contributed by atoms with E-state index in [1.165, 1.54) is 6.42 Å². The van der Waals surface area contributed by atoms with E-state index in [1.807, 2.05) is 31.2 Å². The van der Waals surface area contributed by atoms with E-state index in [0.717, 1.165) is 17.0 Å². The first kappa shape index (κ1) is 9.78. The fraction of sp³-hybridized carbons (Fsp3) is 0.364. The van der Waals surface area contributed by atoms with Crippen molar-refractivity contribution in [2.45, 2.75) is 27.2 Å². The number of rotatable bonds is 0. The van der Waals surface area contributed by atoms with Crippen molar-refractivity contribution in [2.24, 2.45) is 0 Å². The molecule has 2 heteroatoms. The molecular weight excluding hydrogens is 162 g/mol. The minimum absolute atomic E-state index is 0.723. The van der Waals surface area contributed by atoms with E-state index in [-0.39, 0.29) is 0 Å². The zero-order valence-electron chi connectivity index (χ0n) is 8.37. The highest BCUT2D eigenvalue weighted by atomic mass is 16.3. The Hall–Kier alpha value is -1.31. The number of hydrogen-bond acceptors (Lipinski definition) is 2. The minimum atomic E-state index is 0.723. The maximum absolute atomic E-state index is 5.26. The predicted octanol–water partition coefficient (Wildman–Crippen LogP) is 3.55. The second-order valence-electron chi connectivity index (χ2n) is 2.91. The smallest absolute Gasteiger partial charge is 0.192 e. The monoisotopic (exact) mass is 177 g/mol. The lowest BCUT2D eigenvalue weighted by Crippen LogP contribution is -1.65. The lowest BCUT2D eigenvalue weighted by Gasteiger charge is -1.79. The summed E-state index contributed by atoms with van der Waals surface area (Å²) in [5.41, 5.74) is 1.79. The highest BCUT2D eigenvalue weighted by molar-refractivity contribution is 5.71. The predicted molar refractivity (Wildman–Crippen MR) is 54.7 cm³/mol. The van der Waals surface area contributed by atoms with E-state index in [0.29, 0.717) is 0 Å². The second-order valence-corrected chi connectivity index (χ2v) is 2.91. The van der Waals surface area contributed by atoms with Crippen LogP contribution in [0.2, 0.25) is 0 Å². The molecule has 0 fully saturated rings. The Morgan fingerprint density at radius 3 is 2.46 bits per heavy atom. The Bertz CT molecular complexity index is 332. The zero-order chi connectivity index (χ0) is 9.68. The molecule has 0 atom stereocenters. The van der Waals surface area contributed by atoms with Gasteiger partial charge in [-0.15, -0.1) is 0 Å². The van der Waals surface area contributed by atoms with Crippen LogP contribution in [0.25, 0.3) is 11.1 Å². The topological polar surface area (TPSA) is 26.0 Å². The molecule has 13 heavy (non-hydrogen) atoms. The molecule has 0 saturated heterocycles. The average Bonchev–Trinajstić information content (AvgIpc) is 2.45. The van der Waals surface area contributed by atoms with Crippen LogP contribution in [0.4, 0.5) is 0 Å². The van der Waals surface area contributed by atoms with Crippen LogP contribution in [0, 0.1) is 6.92 Å². The Kier molecular flexibility index (Phi) is 3.50. The third-order valence-corrected chi connectivity index (χ3v) is 1.40. The molecule has 70 valence electrons. The molecule has 0 unspecified atom stereocenters. The molecule has 0 N–H and O–H groups in total. The fourth-order valence-electron chi connectivity index (χ4n) is 0.987. The van der Waals surface area contributed by atoms with Crippen LogP contribution in [0.3, 0.4) is 0 Å². The molecule has 0 aliphatic rings. The van der Waals surface area contributed by atoms with Gasteiger partial charge in [-0.25, -0.2) is 4.98 Å². The van der Waals surface area contributed by atoms with Crippen LogP contribution >= 0.6 is 0 Å². The number of aryl methyl sites for hydroxylation is 1. The van der Waals surface area contributed by atoms with Crippen molar-refractivity contribution < 1.29 is 4.42 Å². The van der Waals surface area contributed by atoms with E-state index >= 15 is 0 Å². The molecule has 2 aromatic rings. The first-order chi connectivity index (χ1) is 6.27. The lowest BCUT2D eigenvalue weighted by molar-refractivity contribution is 0.561. The maximum Gasteiger partial charge on any atom is 0.192 e. The highest BCUT2D eigenvalue weighted by Crippen LogP contribution is 2.12. The van der Waals surface area contributed by atoms with Crippen molar-refractivity contribution in [3.8, 4) is 0 Å². The number of para-hydroxylation sites is 2. The molecule has 1 aromatic carbocycles. The van der Waals surface area contributed by atoms with Crippen LogP contribution in [0.1, 0.15) is 26.2 Å². The van der Waals surface area contributed by atoms with Crippen LogP contribution in [-0.4, -0.2) is 4.98 Å². The van der Waals surface area contributed by atoms with Gasteiger partial charge in [0.25, 0.3) is 0 Å². The molecule has 0 amide bonds. The highest BCUT2D eigenvalue weighted by Gasteiger charge is 1.97. The maximum atomic E-state index is 5.26. The number of oxazole rings is 1. The quantitative estimate of drug-likeness (QED) is 0.615. The molecule has 0 bridgehead atoms. The van der Waals surface area contributed by atoms with Gasteiger partial charge >= 0.3 is 0 Å². The van der Waals surface area contributed by atoms with E-state index < -0.39 is 0 Å². The molecule has 0 radical (unpaired) electrons. The Labute approximate surface area is 78.6 Å². The van der Waals surface area contributed by atoms with Crippen molar-refractivity contribution in [1.82, 2.24) is 4.98 Å². The normalized spacial score (nSPS) is 9.46. The summed E-state index contributed by atoms with van der Waals surface area (Å²) in [7, 11) is 0. The molecule has 0 aliphatic heterocycles. The third-order valence-electron chi connectivity index (χ3n) is 1.40. The van der Waals surface area contributed by atoms with Gasteiger partial charge in [-0.05, 0) is 12.1 Å². The van der Waals surface area contributed by atoms with Crippen LogP contribution in [0.15, 0.2) is 28.7 Å². The SMILES string of the molecule is CCC.Cc1nc2ccccc2o1. The van der Waals surface area contributed by atoms with Crippen molar-refractivity contribution in [2.75, 3.05) is 0 Å². The number of aromatic nitrogens is 1. The van der Waals surface area contributed by atoms with Gasteiger partial charge in [0.15, 0.2) is 11.5 Å². The second kappa shape index (κ2) is 4.65. The number of nitrogens with zero attached hydrogens (tertiary/aromatic N) is 1. The van der Waals surface area contributed by atoms with Crippen LogP contribution in [0.5, 0.6) is 0 Å². The summed E-state index contributed by atoms with van der Waals surface area (Å²) in [5, 5.41) is 0. The molecule has 0 spiro atoms. The summed E-state index contributed by atoms with van der Waals surface area (Å²) >= 11 is 0. The Morgan fingerprint density at radius 1 is 1.23 bits per heavy atom. The summed E-state index contributed by atoms with van der Waals surface area (Å²) in [6.07, 6.45) is 1.25. The Morgan fingerprint density at radius 2 is 1.85 bits per heavy atom. The third kappa shape index (κ3) is 2.58. The van der Waals surface area contributed by atoms with Crippen molar-refractivity contribution in [3.63, 3.8) is 0 Å². The van der Waals surface area contributed by atoms with E-state index in [1.54, 1.807) is 0 Å². The molecule has 1 aromatic heterocycles. The van der Waals surface area contributed by atoms with E-state index in [2.05, 4.69) is 18.8 Å². The summed E-state index contributed by atoms with van der Waals surface area (Å²) in [5.74, 6) is 0.723. The Balaban J connectivity index is 0.000000251. The first-order valence-electron chi connectivity index (χ1n) is 4.60. The fourth-order valence-corrected chi connectivity index (χ4v) is 0.987. The zero-order valence-corrected chi connectivity index (χ0v) is 8.37. The van der Waals surface area contributed by atoms with E-state index in [4.69, 9.17) is 4.42 Å². The van der Waals surface area contributed by atoms with Gasteiger partial charge in [-0.3, -0.25) is 0 Å². The van der Waals surface area contributed by atoms with Crippen LogP contribution in [-0.2, 0) is 0 Å². The first-order valence-corrected chi connectivity index (χ1v) is 4.60. The summed E-state index contributed by atoms with van der Waals surface area (Å²) in [6.45, 7) is 6.10. The summed E-state index contributed by atoms with van der Waals surface area (Å²) < 4.78 is 5.26. The molecule has 2 nitrogen and oxygen atoms in total. The molecular formula is C11H15NO. The van der Waals surface area contributed by atoms with Crippen LogP contribution < -0.4 is 0 Å². The van der Waals surface area contributed by atoms with Gasteiger partial charge in [0.05, 0.1) is 0 Å². The van der Waals surface area contributed by atoms with Gasteiger partial charge < -0.3 is 4.42 Å². The lowest BCUT2D eigenvalue weighted by atomic mass is 10.3. The number of fused-ring (bicyclic) bond motifs is 1. The van der Waals surface area contributed by atoms with Gasteiger partial charge in [0.2, 0.25) is 0 Å². The molecule has 0 aliphatic carbocycles. The molecule has 2 rings (SSSR count). The van der Waals surface area contributed by atoms with Gasteiger partial charge in [-0.1, -0.05) is 32.4 Å². The minimum Gasteiger partial charge on any atom is -0.441 e. The number of hydrogen-bond donors (Lipinski definition) is 0.